The largest absolute Gasteiger partial charge is 0.399 e. The highest BCUT2D eigenvalue weighted by atomic mass is 16.2. The first-order valence-electron chi connectivity index (χ1n) is 6.13. The molecule has 2 rings (SSSR count). The summed E-state index contributed by atoms with van der Waals surface area (Å²) in [5, 5.41) is 11.7. The minimum atomic E-state index is -0.534. The number of hydrogen-bond donors (Lipinski definition) is 2. The molecule has 0 radical (unpaired) electrons. The van der Waals surface area contributed by atoms with Crippen molar-refractivity contribution >= 4 is 17.3 Å². The van der Waals surface area contributed by atoms with Crippen molar-refractivity contribution in [1.82, 2.24) is 9.55 Å². The molecule has 0 saturated carbocycles. The second-order valence-electron chi connectivity index (χ2n) is 4.51. The van der Waals surface area contributed by atoms with E-state index in [9.17, 15) is 4.79 Å². The molecular weight excluding hydrogens is 254 g/mol. The number of hydrogen-bond acceptors (Lipinski definition) is 4. The summed E-state index contributed by atoms with van der Waals surface area (Å²) in [6.45, 7) is 3.59. The van der Waals surface area contributed by atoms with Gasteiger partial charge in [0, 0.05) is 23.8 Å². The van der Waals surface area contributed by atoms with Crippen LogP contribution in [0.1, 0.15) is 24.4 Å². The summed E-state index contributed by atoms with van der Waals surface area (Å²) >= 11 is 0. The second kappa shape index (κ2) is 5.45. The molecule has 102 valence electrons. The van der Waals surface area contributed by atoms with E-state index in [1.54, 1.807) is 25.3 Å². The fraction of sp³-hybridized carbons (Fsp3) is 0.214. The molecular formula is C14H15N5O. The van der Waals surface area contributed by atoms with Crippen LogP contribution in [0.15, 0.2) is 30.6 Å². The maximum atomic E-state index is 12.2. The van der Waals surface area contributed by atoms with Gasteiger partial charge in [-0.25, -0.2) is 4.98 Å². The molecule has 0 bridgehead atoms. The molecule has 1 unspecified atom stereocenters. The lowest BCUT2D eigenvalue weighted by Crippen LogP contribution is -2.24. The zero-order chi connectivity index (χ0) is 14.7. The van der Waals surface area contributed by atoms with Crippen molar-refractivity contribution in [2.75, 3.05) is 11.1 Å². The molecule has 0 aliphatic rings. The van der Waals surface area contributed by atoms with Gasteiger partial charge in [-0.2, -0.15) is 5.26 Å². The molecule has 0 fully saturated rings. The highest BCUT2D eigenvalue weighted by molar-refractivity contribution is 5.94. The van der Waals surface area contributed by atoms with Crippen molar-refractivity contribution < 1.29 is 4.79 Å². The average Bonchev–Trinajstić information content (AvgIpc) is 2.90. The van der Waals surface area contributed by atoms with Crippen LogP contribution in [0.4, 0.5) is 11.4 Å². The Balaban J connectivity index is 2.20. The van der Waals surface area contributed by atoms with E-state index in [0.717, 1.165) is 5.56 Å². The number of benzene rings is 1. The van der Waals surface area contributed by atoms with Crippen molar-refractivity contribution in [1.29, 1.82) is 5.26 Å². The highest BCUT2D eigenvalue weighted by Gasteiger charge is 2.18. The van der Waals surface area contributed by atoms with Gasteiger partial charge in [0.2, 0.25) is 11.7 Å². The van der Waals surface area contributed by atoms with Crippen LogP contribution in [0.3, 0.4) is 0 Å². The molecule has 20 heavy (non-hydrogen) atoms. The van der Waals surface area contributed by atoms with Gasteiger partial charge in [-0.3, -0.25) is 4.79 Å². The molecule has 6 nitrogen and oxygen atoms in total. The van der Waals surface area contributed by atoms with Gasteiger partial charge in [0.25, 0.3) is 0 Å². The number of nitrogens with one attached hydrogen (secondary N) is 1. The van der Waals surface area contributed by atoms with Gasteiger partial charge in [0.15, 0.2) is 0 Å². The first-order chi connectivity index (χ1) is 9.52. The molecule has 1 atom stereocenters. The highest BCUT2D eigenvalue weighted by Crippen LogP contribution is 2.20. The van der Waals surface area contributed by atoms with Crippen molar-refractivity contribution in [2.45, 2.75) is 19.9 Å². The molecule has 0 aliphatic heterocycles. The Hall–Kier alpha value is -2.81. The minimum absolute atomic E-state index is 0.206. The summed E-state index contributed by atoms with van der Waals surface area (Å²) in [4.78, 5) is 16.1. The van der Waals surface area contributed by atoms with Gasteiger partial charge >= 0.3 is 0 Å². The molecule has 3 N–H and O–H groups in total. The van der Waals surface area contributed by atoms with Crippen molar-refractivity contribution in [3.8, 4) is 6.07 Å². The third kappa shape index (κ3) is 2.62. The number of nitrogens with zero attached hydrogens (tertiary/aromatic N) is 3. The molecule has 0 spiro atoms. The molecule has 1 aromatic carbocycles. The quantitative estimate of drug-likeness (QED) is 0.831. The Bertz CT molecular complexity index is 683. The number of aryl methyl sites for hydroxylation is 1. The van der Waals surface area contributed by atoms with Crippen molar-refractivity contribution in [3.05, 3.63) is 42.0 Å². The van der Waals surface area contributed by atoms with Crippen LogP contribution in [-0.4, -0.2) is 15.5 Å². The fourth-order valence-electron chi connectivity index (χ4n) is 1.85. The lowest BCUT2D eigenvalue weighted by molar-refractivity contribution is -0.118. The molecule has 0 saturated heterocycles. The van der Waals surface area contributed by atoms with Gasteiger partial charge in [0.05, 0.1) is 0 Å². The number of amides is 1. The van der Waals surface area contributed by atoms with Crippen LogP contribution in [0.2, 0.25) is 0 Å². The Morgan fingerprint density at radius 3 is 3.00 bits per heavy atom. The van der Waals surface area contributed by atoms with Crippen LogP contribution in [0, 0.1) is 18.3 Å². The van der Waals surface area contributed by atoms with Crippen LogP contribution >= 0.6 is 0 Å². The predicted molar refractivity (Wildman–Crippen MR) is 75.9 cm³/mol. The summed E-state index contributed by atoms with van der Waals surface area (Å²) in [7, 11) is 0. The van der Waals surface area contributed by atoms with Crippen LogP contribution in [-0.2, 0) is 4.79 Å². The van der Waals surface area contributed by atoms with Crippen molar-refractivity contribution in [2.24, 2.45) is 0 Å². The van der Waals surface area contributed by atoms with Gasteiger partial charge in [-0.1, -0.05) is 6.07 Å². The summed E-state index contributed by atoms with van der Waals surface area (Å²) in [5.74, 6) is -0.0230. The Labute approximate surface area is 116 Å². The topological polar surface area (TPSA) is 96.7 Å². The normalized spacial score (nSPS) is 11.7. The lowest BCUT2D eigenvalue weighted by atomic mass is 10.1. The SMILES string of the molecule is Cc1ccc(N)cc1NC(=O)C(C)n1ccnc1C#N. The van der Waals surface area contributed by atoms with Crippen molar-refractivity contribution in [3.63, 3.8) is 0 Å². The summed E-state index contributed by atoms with van der Waals surface area (Å²) in [6.07, 6.45) is 3.10. The van der Waals surface area contributed by atoms with E-state index in [0.29, 0.717) is 11.4 Å². The first kappa shape index (κ1) is 13.6. The average molecular weight is 269 g/mol. The van der Waals surface area contributed by atoms with E-state index in [1.165, 1.54) is 10.8 Å². The van der Waals surface area contributed by atoms with Crippen LogP contribution < -0.4 is 11.1 Å². The number of anilines is 2. The van der Waals surface area contributed by atoms with E-state index in [-0.39, 0.29) is 11.7 Å². The zero-order valence-electron chi connectivity index (χ0n) is 11.3. The number of nitrogens with two attached hydrogens (primary N) is 1. The number of nitriles is 1. The molecule has 1 heterocycles. The number of nitrogen functional groups attached to an aromatic ring is 1. The van der Waals surface area contributed by atoms with E-state index in [4.69, 9.17) is 11.0 Å². The predicted octanol–water partition coefficient (Wildman–Crippen LogP) is 1.85. The second-order valence-corrected chi connectivity index (χ2v) is 4.51. The van der Waals surface area contributed by atoms with E-state index in [2.05, 4.69) is 10.3 Å². The van der Waals surface area contributed by atoms with Gasteiger partial charge in [-0.15, -0.1) is 0 Å². The maximum absolute atomic E-state index is 12.2. The van der Waals surface area contributed by atoms with E-state index in [1.807, 2.05) is 19.1 Å². The smallest absolute Gasteiger partial charge is 0.247 e. The number of imidazole rings is 1. The molecule has 2 aromatic rings. The fourth-order valence-corrected chi connectivity index (χ4v) is 1.85. The minimum Gasteiger partial charge on any atom is -0.399 e. The number of aromatic nitrogens is 2. The number of carbonyl (C=O) groups excluding carboxylic acids is 1. The maximum Gasteiger partial charge on any atom is 0.247 e. The van der Waals surface area contributed by atoms with Crippen LogP contribution in [0.25, 0.3) is 0 Å². The standard InChI is InChI=1S/C14H15N5O/c1-9-3-4-11(16)7-12(9)18-14(20)10(2)19-6-5-17-13(19)8-15/h3-7,10H,16H2,1-2H3,(H,18,20). The van der Waals surface area contributed by atoms with E-state index < -0.39 is 6.04 Å². The third-order valence-electron chi connectivity index (χ3n) is 3.08. The first-order valence-corrected chi connectivity index (χ1v) is 6.13. The lowest BCUT2D eigenvalue weighted by Gasteiger charge is -2.15. The van der Waals surface area contributed by atoms with Gasteiger partial charge in [-0.05, 0) is 31.5 Å². The summed E-state index contributed by atoms with van der Waals surface area (Å²) in [5.41, 5.74) is 7.88. The van der Waals surface area contributed by atoms with Crippen LogP contribution in [0.5, 0.6) is 0 Å². The molecule has 0 aliphatic carbocycles. The number of carbonyl (C=O) groups is 1. The summed E-state index contributed by atoms with van der Waals surface area (Å²) < 4.78 is 1.52. The molecule has 1 aromatic heterocycles. The monoisotopic (exact) mass is 269 g/mol. The third-order valence-corrected chi connectivity index (χ3v) is 3.08. The molecule has 6 heteroatoms. The van der Waals surface area contributed by atoms with Gasteiger partial charge < -0.3 is 15.6 Å². The Kier molecular flexibility index (Phi) is 3.71. The number of rotatable bonds is 3. The zero-order valence-corrected chi connectivity index (χ0v) is 11.3. The van der Waals surface area contributed by atoms with E-state index >= 15 is 0 Å². The Morgan fingerprint density at radius 2 is 2.30 bits per heavy atom. The summed E-state index contributed by atoms with van der Waals surface area (Å²) in [6, 6.07) is 6.74. The molecule has 1 amide bonds. The Morgan fingerprint density at radius 1 is 1.55 bits per heavy atom. The van der Waals surface area contributed by atoms with Gasteiger partial charge in [0.1, 0.15) is 12.1 Å².